The summed E-state index contributed by atoms with van der Waals surface area (Å²) < 4.78 is 0. The maximum Gasteiger partial charge on any atom is 0.0138 e. The zero-order valence-electron chi connectivity index (χ0n) is 12.6. The van der Waals surface area contributed by atoms with E-state index in [-0.39, 0.29) is 0 Å². The van der Waals surface area contributed by atoms with Gasteiger partial charge in [-0.15, -0.1) is 0 Å². The number of nitrogens with one attached hydrogen (secondary N) is 1. The van der Waals surface area contributed by atoms with E-state index in [0.29, 0.717) is 6.04 Å². The van der Waals surface area contributed by atoms with Crippen molar-refractivity contribution in [3.8, 4) is 0 Å². The predicted octanol–water partition coefficient (Wildman–Crippen LogP) is 3.89. The lowest BCUT2D eigenvalue weighted by Gasteiger charge is -2.56. The average Bonchev–Trinajstić information content (AvgIpc) is 2.46. The molecule has 4 aliphatic rings. The molecule has 108 valence electrons. The lowest BCUT2D eigenvalue weighted by molar-refractivity contribution is -0.0507. The maximum atomic E-state index is 3.68. The molecule has 0 aliphatic heterocycles. The van der Waals surface area contributed by atoms with Crippen molar-refractivity contribution in [3.05, 3.63) is 35.9 Å². The summed E-state index contributed by atoms with van der Waals surface area (Å²) in [5.74, 6) is 5.15. The van der Waals surface area contributed by atoms with Crippen molar-refractivity contribution < 1.29 is 0 Å². The van der Waals surface area contributed by atoms with Crippen LogP contribution in [-0.2, 0) is 6.42 Å². The van der Waals surface area contributed by atoms with E-state index in [9.17, 15) is 0 Å². The second-order valence-corrected chi connectivity index (χ2v) is 7.59. The SMILES string of the molecule is CNC(Cc1ccccc1)C1C2CC3CC(C2)CC1C3. The standard InChI is InChI=1S/C19H27N/c1-20-18(12-13-5-3-2-4-6-13)19-16-8-14-7-15(10-16)11-17(19)9-14/h2-6,14-20H,7-12H2,1H3. The normalized spacial score (nSPS) is 40.0. The predicted molar refractivity (Wildman–Crippen MR) is 83.5 cm³/mol. The van der Waals surface area contributed by atoms with Gasteiger partial charge in [0.1, 0.15) is 0 Å². The molecule has 4 aliphatic carbocycles. The Labute approximate surface area is 123 Å². The molecule has 1 atom stereocenters. The summed E-state index contributed by atoms with van der Waals surface area (Å²) in [6.07, 6.45) is 8.90. The van der Waals surface area contributed by atoms with Crippen LogP contribution in [0.15, 0.2) is 30.3 Å². The Morgan fingerprint density at radius 3 is 2.10 bits per heavy atom. The van der Waals surface area contributed by atoms with Gasteiger partial charge in [0.05, 0.1) is 0 Å². The minimum atomic E-state index is 0.687. The molecule has 1 unspecified atom stereocenters. The fourth-order valence-corrected chi connectivity index (χ4v) is 5.92. The van der Waals surface area contributed by atoms with Crippen molar-refractivity contribution in [2.24, 2.45) is 29.6 Å². The van der Waals surface area contributed by atoms with Crippen molar-refractivity contribution >= 4 is 0 Å². The van der Waals surface area contributed by atoms with Gasteiger partial charge in [-0.1, -0.05) is 30.3 Å². The van der Waals surface area contributed by atoms with E-state index in [4.69, 9.17) is 0 Å². The summed E-state index contributed by atoms with van der Waals surface area (Å²) in [6, 6.07) is 11.8. The van der Waals surface area contributed by atoms with E-state index in [1.54, 1.807) is 6.42 Å². The van der Waals surface area contributed by atoms with Crippen LogP contribution in [0.3, 0.4) is 0 Å². The first-order valence-corrected chi connectivity index (χ1v) is 8.54. The van der Waals surface area contributed by atoms with Gasteiger partial charge in [-0.2, -0.15) is 0 Å². The zero-order valence-corrected chi connectivity index (χ0v) is 12.6. The second kappa shape index (κ2) is 5.18. The molecule has 0 radical (unpaired) electrons. The highest BCUT2D eigenvalue weighted by atomic mass is 14.9. The molecule has 20 heavy (non-hydrogen) atoms. The molecule has 4 saturated carbocycles. The average molecular weight is 269 g/mol. The third-order valence-electron chi connectivity index (χ3n) is 6.43. The summed E-state index contributed by atoms with van der Waals surface area (Å²) >= 11 is 0. The molecule has 1 N–H and O–H groups in total. The van der Waals surface area contributed by atoms with Crippen molar-refractivity contribution in [1.29, 1.82) is 0 Å². The maximum absolute atomic E-state index is 3.68. The van der Waals surface area contributed by atoms with Crippen LogP contribution in [0.4, 0.5) is 0 Å². The highest BCUT2D eigenvalue weighted by Gasteiger charge is 2.50. The van der Waals surface area contributed by atoms with Crippen LogP contribution in [0.1, 0.15) is 37.7 Å². The molecule has 1 heteroatoms. The van der Waals surface area contributed by atoms with Gasteiger partial charge in [0.2, 0.25) is 0 Å². The van der Waals surface area contributed by atoms with Crippen LogP contribution in [0.25, 0.3) is 0 Å². The van der Waals surface area contributed by atoms with Crippen LogP contribution in [0.5, 0.6) is 0 Å². The lowest BCUT2D eigenvalue weighted by Crippen LogP contribution is -2.53. The zero-order chi connectivity index (χ0) is 13.5. The Bertz CT molecular complexity index is 424. The summed E-state index contributed by atoms with van der Waals surface area (Å²) in [6.45, 7) is 0. The topological polar surface area (TPSA) is 12.0 Å². The van der Waals surface area contributed by atoms with Gasteiger partial charge in [0, 0.05) is 6.04 Å². The molecule has 0 spiro atoms. The molecule has 1 aromatic carbocycles. The Hall–Kier alpha value is -0.820. The van der Waals surface area contributed by atoms with E-state index >= 15 is 0 Å². The summed E-state index contributed by atoms with van der Waals surface area (Å²) in [5.41, 5.74) is 1.50. The van der Waals surface area contributed by atoms with Crippen molar-refractivity contribution in [2.45, 2.75) is 44.6 Å². The van der Waals surface area contributed by atoms with Gasteiger partial charge in [-0.3, -0.25) is 0 Å². The van der Waals surface area contributed by atoms with Gasteiger partial charge in [-0.05, 0) is 80.7 Å². The van der Waals surface area contributed by atoms with E-state index in [1.807, 2.05) is 0 Å². The van der Waals surface area contributed by atoms with Gasteiger partial charge < -0.3 is 5.32 Å². The summed E-state index contributed by atoms with van der Waals surface area (Å²) in [5, 5.41) is 3.68. The molecule has 4 bridgehead atoms. The van der Waals surface area contributed by atoms with Crippen molar-refractivity contribution in [1.82, 2.24) is 5.32 Å². The van der Waals surface area contributed by atoms with Gasteiger partial charge in [0.25, 0.3) is 0 Å². The molecule has 0 heterocycles. The van der Waals surface area contributed by atoms with E-state index in [1.165, 1.54) is 37.7 Å². The first kappa shape index (κ1) is 12.9. The molecule has 0 saturated heterocycles. The monoisotopic (exact) mass is 269 g/mol. The molecular weight excluding hydrogens is 242 g/mol. The lowest BCUT2D eigenvalue weighted by atomic mass is 9.50. The van der Waals surface area contributed by atoms with Crippen LogP contribution in [-0.4, -0.2) is 13.1 Å². The highest BCUT2D eigenvalue weighted by Crippen LogP contribution is 2.57. The first-order valence-electron chi connectivity index (χ1n) is 8.54. The number of hydrogen-bond donors (Lipinski definition) is 1. The van der Waals surface area contributed by atoms with Gasteiger partial charge in [0.15, 0.2) is 0 Å². The smallest absolute Gasteiger partial charge is 0.0138 e. The quantitative estimate of drug-likeness (QED) is 0.874. The number of likely N-dealkylation sites (N-methyl/N-ethyl adjacent to an activating group) is 1. The fourth-order valence-electron chi connectivity index (χ4n) is 5.92. The minimum Gasteiger partial charge on any atom is -0.316 e. The minimum absolute atomic E-state index is 0.687. The van der Waals surface area contributed by atoms with Gasteiger partial charge >= 0.3 is 0 Å². The van der Waals surface area contributed by atoms with Crippen molar-refractivity contribution in [3.63, 3.8) is 0 Å². The van der Waals surface area contributed by atoms with E-state index in [2.05, 4.69) is 42.7 Å². The second-order valence-electron chi connectivity index (χ2n) is 7.59. The molecule has 0 aromatic heterocycles. The molecule has 1 aromatic rings. The van der Waals surface area contributed by atoms with Crippen LogP contribution in [0.2, 0.25) is 0 Å². The van der Waals surface area contributed by atoms with E-state index in [0.717, 1.165) is 29.6 Å². The third-order valence-corrected chi connectivity index (χ3v) is 6.43. The summed E-state index contributed by atoms with van der Waals surface area (Å²) in [7, 11) is 2.18. The number of hydrogen-bond acceptors (Lipinski definition) is 1. The Balaban J connectivity index is 1.53. The van der Waals surface area contributed by atoms with Crippen LogP contribution < -0.4 is 5.32 Å². The Morgan fingerprint density at radius 2 is 1.55 bits per heavy atom. The molecule has 5 rings (SSSR count). The number of rotatable bonds is 4. The van der Waals surface area contributed by atoms with Gasteiger partial charge in [-0.25, -0.2) is 0 Å². The van der Waals surface area contributed by atoms with E-state index < -0.39 is 0 Å². The van der Waals surface area contributed by atoms with Crippen molar-refractivity contribution in [2.75, 3.05) is 7.05 Å². The first-order chi connectivity index (χ1) is 9.83. The van der Waals surface area contributed by atoms with Crippen LogP contribution >= 0.6 is 0 Å². The highest BCUT2D eigenvalue weighted by molar-refractivity contribution is 5.17. The molecule has 4 fully saturated rings. The van der Waals surface area contributed by atoms with Crippen LogP contribution in [0, 0.1) is 29.6 Å². The largest absolute Gasteiger partial charge is 0.316 e. The summed E-state index contributed by atoms with van der Waals surface area (Å²) in [4.78, 5) is 0. The Kier molecular flexibility index (Phi) is 3.34. The fraction of sp³-hybridized carbons (Fsp3) is 0.684. The molecule has 0 amide bonds. The number of benzene rings is 1. The molecule has 1 nitrogen and oxygen atoms in total. The Morgan fingerprint density at radius 1 is 0.950 bits per heavy atom. The third kappa shape index (κ3) is 2.20. The molecular formula is C19H27N.